The Kier molecular flexibility index (Phi) is 7.05. The first-order chi connectivity index (χ1) is 10.6. The lowest BCUT2D eigenvalue weighted by Gasteiger charge is -2.23. The van der Waals surface area contributed by atoms with Gasteiger partial charge in [0.15, 0.2) is 5.82 Å². The summed E-state index contributed by atoms with van der Waals surface area (Å²) in [5.41, 5.74) is 7.92. The number of nitrogens with one attached hydrogen (secondary N) is 1. The third-order valence-corrected chi connectivity index (χ3v) is 4.05. The fourth-order valence-electron chi connectivity index (χ4n) is 2.81. The van der Waals surface area contributed by atoms with Gasteiger partial charge < -0.3 is 11.1 Å². The van der Waals surface area contributed by atoms with E-state index in [9.17, 15) is 4.79 Å². The predicted octanol–water partition coefficient (Wildman–Crippen LogP) is 2.84. The maximum absolute atomic E-state index is 12.5. The molecule has 0 bridgehead atoms. The first-order valence-corrected chi connectivity index (χ1v) is 7.69. The van der Waals surface area contributed by atoms with E-state index in [1.54, 1.807) is 12.1 Å². The van der Waals surface area contributed by atoms with Crippen molar-refractivity contribution in [1.82, 2.24) is 20.1 Å². The molecule has 1 aromatic heterocycles. The number of halogens is 2. The van der Waals surface area contributed by atoms with Gasteiger partial charge >= 0.3 is 0 Å². The van der Waals surface area contributed by atoms with E-state index in [4.69, 9.17) is 5.73 Å². The number of rotatable bonds is 3. The molecule has 24 heavy (non-hydrogen) atoms. The van der Waals surface area contributed by atoms with Gasteiger partial charge in [-0.3, -0.25) is 4.79 Å². The van der Waals surface area contributed by atoms with Gasteiger partial charge in [-0.25, -0.2) is 9.67 Å². The summed E-state index contributed by atoms with van der Waals surface area (Å²) in [7, 11) is 0. The second kappa shape index (κ2) is 8.35. The number of hydrogen-bond donors (Lipinski definition) is 2. The van der Waals surface area contributed by atoms with E-state index in [0.29, 0.717) is 11.3 Å². The van der Waals surface area contributed by atoms with Crippen molar-refractivity contribution >= 4 is 36.4 Å². The minimum atomic E-state index is -0.107. The zero-order chi connectivity index (χ0) is 15.7. The highest BCUT2D eigenvalue weighted by Gasteiger charge is 2.26. The van der Waals surface area contributed by atoms with Gasteiger partial charge in [0, 0.05) is 24.2 Å². The molecule has 2 heterocycles. The van der Waals surface area contributed by atoms with Crippen LogP contribution in [0.3, 0.4) is 0 Å². The Labute approximate surface area is 154 Å². The van der Waals surface area contributed by atoms with Gasteiger partial charge in [-0.1, -0.05) is 13.0 Å². The fraction of sp³-hybridized carbons (Fsp3) is 0.438. The van der Waals surface area contributed by atoms with Crippen molar-refractivity contribution in [2.75, 3.05) is 5.73 Å². The number of benzene rings is 1. The van der Waals surface area contributed by atoms with Gasteiger partial charge in [0.2, 0.25) is 0 Å². The smallest absolute Gasteiger partial charge is 0.252 e. The topological polar surface area (TPSA) is 85.8 Å². The lowest BCUT2D eigenvalue weighted by Crippen LogP contribution is -2.33. The molecule has 3 N–H and O–H groups in total. The summed E-state index contributed by atoms with van der Waals surface area (Å²) >= 11 is 0. The number of carbonyl (C=O) groups is 1. The molecule has 2 aromatic rings. The van der Waals surface area contributed by atoms with Crippen LogP contribution in [0, 0.1) is 6.92 Å². The maximum Gasteiger partial charge on any atom is 0.252 e. The molecule has 1 amide bonds. The zero-order valence-electron chi connectivity index (χ0n) is 13.8. The van der Waals surface area contributed by atoms with E-state index in [0.717, 1.165) is 43.0 Å². The minimum absolute atomic E-state index is 0. The van der Waals surface area contributed by atoms with E-state index >= 15 is 0 Å². The van der Waals surface area contributed by atoms with Crippen molar-refractivity contribution < 1.29 is 4.79 Å². The third kappa shape index (κ3) is 3.99. The van der Waals surface area contributed by atoms with E-state index < -0.39 is 0 Å². The molecule has 1 unspecified atom stereocenters. The van der Waals surface area contributed by atoms with E-state index in [1.165, 1.54) is 0 Å². The van der Waals surface area contributed by atoms with Crippen LogP contribution in [0.25, 0.3) is 0 Å². The van der Waals surface area contributed by atoms with Crippen LogP contribution in [0.1, 0.15) is 53.4 Å². The van der Waals surface area contributed by atoms with Crippen molar-refractivity contribution in [1.29, 1.82) is 0 Å². The minimum Gasteiger partial charge on any atom is -0.399 e. The normalized spacial score (nSPS) is 15.7. The number of fused-ring (bicyclic) bond motifs is 1. The van der Waals surface area contributed by atoms with Gasteiger partial charge in [0.1, 0.15) is 5.82 Å². The van der Waals surface area contributed by atoms with Crippen LogP contribution in [0.15, 0.2) is 18.2 Å². The number of nitrogen functional groups attached to an aromatic ring is 1. The van der Waals surface area contributed by atoms with Crippen LogP contribution < -0.4 is 11.1 Å². The molecule has 6 nitrogen and oxygen atoms in total. The molecule has 8 heteroatoms. The molecule has 0 spiro atoms. The van der Waals surface area contributed by atoms with Crippen LogP contribution in [-0.4, -0.2) is 20.7 Å². The number of nitrogens with zero attached hydrogens (tertiary/aromatic N) is 3. The van der Waals surface area contributed by atoms with Gasteiger partial charge in [-0.2, -0.15) is 5.10 Å². The highest BCUT2D eigenvalue weighted by molar-refractivity contribution is 5.96. The lowest BCUT2D eigenvalue weighted by atomic mass is 10.0. The first-order valence-electron chi connectivity index (χ1n) is 7.69. The van der Waals surface area contributed by atoms with Crippen molar-refractivity contribution in [3.05, 3.63) is 41.0 Å². The number of hydrogen-bond acceptors (Lipinski definition) is 4. The molecular formula is C16H23Cl2N5O. The van der Waals surface area contributed by atoms with Crippen molar-refractivity contribution in [3.63, 3.8) is 0 Å². The SMILES string of the molecule is CCc1nc2n(n1)CCCC2NC(=O)c1cc(N)ccc1C.Cl.Cl. The molecule has 0 fully saturated rings. The summed E-state index contributed by atoms with van der Waals surface area (Å²) in [6.45, 7) is 4.81. The first kappa shape index (κ1) is 20.3. The zero-order valence-corrected chi connectivity index (χ0v) is 15.4. The number of anilines is 1. The van der Waals surface area contributed by atoms with E-state index in [-0.39, 0.29) is 36.8 Å². The highest BCUT2D eigenvalue weighted by Crippen LogP contribution is 2.24. The van der Waals surface area contributed by atoms with Gasteiger partial charge in [0.25, 0.3) is 5.91 Å². The lowest BCUT2D eigenvalue weighted by molar-refractivity contribution is 0.0926. The molecule has 1 atom stereocenters. The molecule has 1 aliphatic rings. The quantitative estimate of drug-likeness (QED) is 0.812. The summed E-state index contributed by atoms with van der Waals surface area (Å²) < 4.78 is 1.92. The maximum atomic E-state index is 12.5. The second-order valence-electron chi connectivity index (χ2n) is 5.71. The summed E-state index contributed by atoms with van der Waals surface area (Å²) in [5, 5.41) is 7.54. The van der Waals surface area contributed by atoms with Gasteiger partial charge in [0.05, 0.1) is 6.04 Å². The number of aryl methyl sites for hydroxylation is 3. The molecule has 1 aromatic carbocycles. The predicted molar refractivity (Wildman–Crippen MR) is 98.9 cm³/mol. The molecule has 0 aliphatic carbocycles. The second-order valence-corrected chi connectivity index (χ2v) is 5.71. The highest BCUT2D eigenvalue weighted by atomic mass is 35.5. The monoisotopic (exact) mass is 371 g/mol. The Bertz CT molecular complexity index is 716. The Morgan fingerprint density at radius 3 is 2.88 bits per heavy atom. The Morgan fingerprint density at radius 2 is 2.17 bits per heavy atom. The molecule has 132 valence electrons. The third-order valence-electron chi connectivity index (χ3n) is 4.05. The van der Waals surface area contributed by atoms with Crippen molar-refractivity contribution in [2.45, 2.75) is 45.7 Å². The summed E-state index contributed by atoms with van der Waals surface area (Å²) in [5.74, 6) is 1.58. The van der Waals surface area contributed by atoms with E-state index in [2.05, 4.69) is 15.4 Å². The summed E-state index contributed by atoms with van der Waals surface area (Å²) in [6, 6.07) is 5.30. The molecule has 0 saturated heterocycles. The molecule has 1 aliphatic heterocycles. The average molecular weight is 372 g/mol. The number of nitrogens with two attached hydrogens (primary N) is 1. The van der Waals surface area contributed by atoms with Crippen LogP contribution in [0.4, 0.5) is 5.69 Å². The van der Waals surface area contributed by atoms with E-state index in [1.807, 2.05) is 24.6 Å². The summed E-state index contributed by atoms with van der Waals surface area (Å²) in [6.07, 6.45) is 2.67. The molecule has 0 radical (unpaired) electrons. The van der Waals surface area contributed by atoms with Crippen LogP contribution in [-0.2, 0) is 13.0 Å². The number of aromatic nitrogens is 3. The Hall–Kier alpha value is -1.79. The van der Waals surface area contributed by atoms with Crippen LogP contribution in [0.5, 0.6) is 0 Å². The largest absolute Gasteiger partial charge is 0.399 e. The van der Waals surface area contributed by atoms with Crippen LogP contribution >= 0.6 is 24.8 Å². The van der Waals surface area contributed by atoms with Crippen molar-refractivity contribution in [3.8, 4) is 0 Å². The standard InChI is InChI=1S/C16H21N5O.2ClH/c1-3-14-19-15-13(5-4-8-21(15)20-14)18-16(22)12-9-11(17)7-6-10(12)2;;/h6-7,9,13H,3-5,8,17H2,1-2H3,(H,18,22);2*1H. The number of amides is 1. The molecular weight excluding hydrogens is 349 g/mol. The van der Waals surface area contributed by atoms with Gasteiger partial charge in [-0.15, -0.1) is 24.8 Å². The van der Waals surface area contributed by atoms with Crippen LogP contribution in [0.2, 0.25) is 0 Å². The molecule has 0 saturated carbocycles. The fourth-order valence-corrected chi connectivity index (χ4v) is 2.81. The van der Waals surface area contributed by atoms with Gasteiger partial charge in [-0.05, 0) is 37.5 Å². The Balaban J connectivity index is 0.00000144. The number of carbonyl (C=O) groups excluding carboxylic acids is 1. The molecule has 3 rings (SSSR count). The summed E-state index contributed by atoms with van der Waals surface area (Å²) in [4.78, 5) is 17.1. The average Bonchev–Trinajstić information content (AvgIpc) is 2.94. The Morgan fingerprint density at radius 1 is 1.42 bits per heavy atom. The van der Waals surface area contributed by atoms with Crippen molar-refractivity contribution in [2.24, 2.45) is 0 Å².